The number of allylic oxidation sites excluding steroid dienone is 1. The fourth-order valence-corrected chi connectivity index (χ4v) is 1.27. The molecular weight excluding hydrogens is 179 g/mol. The van der Waals surface area contributed by atoms with Crippen LogP contribution >= 0.6 is 0 Å². The molecule has 0 aromatic heterocycles. The minimum absolute atomic E-state index is 0.129. The van der Waals surface area contributed by atoms with Gasteiger partial charge in [-0.1, -0.05) is 23.8 Å². The Bertz CT molecular complexity index is 330. The largest absolute Gasteiger partial charge is 0.271 e. The molecule has 1 aromatic carbocycles. The van der Waals surface area contributed by atoms with Gasteiger partial charge in [0.2, 0.25) is 0 Å². The van der Waals surface area contributed by atoms with Crippen LogP contribution in [0.4, 0.5) is 4.39 Å². The van der Waals surface area contributed by atoms with Gasteiger partial charge >= 0.3 is 0 Å². The Morgan fingerprint density at radius 3 is 2.71 bits per heavy atom. The Morgan fingerprint density at radius 1 is 1.50 bits per heavy atom. The first-order valence-electron chi connectivity index (χ1n) is 4.50. The summed E-state index contributed by atoms with van der Waals surface area (Å²) in [6.07, 6.45) is 1.95. The van der Waals surface area contributed by atoms with Gasteiger partial charge in [0.15, 0.2) is 0 Å². The van der Waals surface area contributed by atoms with Gasteiger partial charge in [0.25, 0.3) is 0 Å². The quantitative estimate of drug-likeness (QED) is 0.440. The SMILES string of the molecule is CC(C)=CC(NN)c1cccc(F)c1. The summed E-state index contributed by atoms with van der Waals surface area (Å²) >= 11 is 0. The molecule has 1 atom stereocenters. The van der Waals surface area contributed by atoms with E-state index in [9.17, 15) is 4.39 Å². The van der Waals surface area contributed by atoms with Crippen LogP contribution in [0.5, 0.6) is 0 Å². The van der Waals surface area contributed by atoms with Gasteiger partial charge in [0.1, 0.15) is 5.82 Å². The molecule has 1 unspecified atom stereocenters. The minimum atomic E-state index is -0.245. The number of halogens is 1. The normalized spacial score (nSPS) is 12.3. The van der Waals surface area contributed by atoms with Crippen molar-refractivity contribution in [1.29, 1.82) is 0 Å². The second-order valence-electron chi connectivity index (χ2n) is 3.44. The molecule has 14 heavy (non-hydrogen) atoms. The Hall–Kier alpha value is -1.19. The van der Waals surface area contributed by atoms with Crippen LogP contribution in [0.25, 0.3) is 0 Å². The van der Waals surface area contributed by atoms with E-state index in [1.165, 1.54) is 12.1 Å². The summed E-state index contributed by atoms with van der Waals surface area (Å²) in [6, 6.07) is 6.28. The number of rotatable bonds is 3. The van der Waals surface area contributed by atoms with Crippen molar-refractivity contribution in [2.75, 3.05) is 0 Å². The van der Waals surface area contributed by atoms with Gasteiger partial charge in [-0.15, -0.1) is 0 Å². The summed E-state index contributed by atoms with van der Waals surface area (Å²) in [7, 11) is 0. The summed E-state index contributed by atoms with van der Waals surface area (Å²) in [4.78, 5) is 0. The van der Waals surface area contributed by atoms with E-state index in [1.54, 1.807) is 6.07 Å². The van der Waals surface area contributed by atoms with Crippen molar-refractivity contribution >= 4 is 0 Å². The van der Waals surface area contributed by atoms with Crippen molar-refractivity contribution < 1.29 is 4.39 Å². The second kappa shape index (κ2) is 4.88. The average Bonchev–Trinajstić information content (AvgIpc) is 2.14. The molecular formula is C11H15FN2. The zero-order valence-electron chi connectivity index (χ0n) is 8.42. The number of nitrogens with two attached hydrogens (primary N) is 1. The molecule has 0 aliphatic rings. The first-order valence-corrected chi connectivity index (χ1v) is 4.50. The van der Waals surface area contributed by atoms with Crippen LogP contribution in [-0.4, -0.2) is 0 Å². The molecule has 0 aliphatic heterocycles. The summed E-state index contributed by atoms with van der Waals surface area (Å²) < 4.78 is 12.9. The Kier molecular flexibility index (Phi) is 3.80. The van der Waals surface area contributed by atoms with E-state index >= 15 is 0 Å². The summed E-state index contributed by atoms with van der Waals surface area (Å²) in [5.41, 5.74) is 4.60. The van der Waals surface area contributed by atoms with E-state index in [1.807, 2.05) is 26.0 Å². The molecule has 0 radical (unpaired) electrons. The third kappa shape index (κ3) is 2.94. The first kappa shape index (κ1) is 10.9. The predicted molar refractivity (Wildman–Crippen MR) is 55.9 cm³/mol. The minimum Gasteiger partial charge on any atom is -0.271 e. The van der Waals surface area contributed by atoms with E-state index in [-0.39, 0.29) is 11.9 Å². The van der Waals surface area contributed by atoms with Gasteiger partial charge in [-0.3, -0.25) is 5.84 Å². The van der Waals surface area contributed by atoms with Crippen molar-refractivity contribution in [3.8, 4) is 0 Å². The third-order valence-corrected chi connectivity index (χ3v) is 1.89. The van der Waals surface area contributed by atoms with E-state index in [0.29, 0.717) is 0 Å². The van der Waals surface area contributed by atoms with E-state index in [4.69, 9.17) is 5.84 Å². The monoisotopic (exact) mass is 194 g/mol. The first-order chi connectivity index (χ1) is 6.63. The Labute approximate surface area is 83.6 Å². The maximum Gasteiger partial charge on any atom is 0.123 e. The zero-order chi connectivity index (χ0) is 10.6. The smallest absolute Gasteiger partial charge is 0.123 e. The fourth-order valence-electron chi connectivity index (χ4n) is 1.27. The van der Waals surface area contributed by atoms with Crippen molar-refractivity contribution in [2.24, 2.45) is 5.84 Å². The van der Waals surface area contributed by atoms with Gasteiger partial charge in [-0.05, 0) is 31.5 Å². The number of benzene rings is 1. The highest BCUT2D eigenvalue weighted by molar-refractivity contribution is 5.24. The molecule has 0 spiro atoms. The standard InChI is InChI=1S/C11H15FN2/c1-8(2)6-11(14-13)9-4-3-5-10(12)7-9/h3-7,11,14H,13H2,1-2H3. The number of hydrogen-bond acceptors (Lipinski definition) is 2. The lowest BCUT2D eigenvalue weighted by molar-refractivity contribution is 0.610. The van der Waals surface area contributed by atoms with Crippen LogP contribution < -0.4 is 11.3 Å². The molecule has 0 fully saturated rings. The lowest BCUT2D eigenvalue weighted by Gasteiger charge is -2.12. The van der Waals surface area contributed by atoms with Crippen molar-refractivity contribution in [3.63, 3.8) is 0 Å². The molecule has 0 bridgehead atoms. The van der Waals surface area contributed by atoms with Crippen LogP contribution in [0, 0.1) is 5.82 Å². The molecule has 0 saturated heterocycles. The molecule has 0 saturated carbocycles. The predicted octanol–water partition coefficient (Wildman–Crippen LogP) is 2.30. The lowest BCUT2D eigenvalue weighted by Crippen LogP contribution is -2.26. The fraction of sp³-hybridized carbons (Fsp3) is 0.273. The summed E-state index contributed by atoms with van der Waals surface area (Å²) in [5.74, 6) is 5.14. The maximum absolute atomic E-state index is 12.9. The van der Waals surface area contributed by atoms with Gasteiger partial charge in [-0.2, -0.15) is 0 Å². The van der Waals surface area contributed by atoms with Crippen molar-refractivity contribution in [3.05, 3.63) is 47.3 Å². The van der Waals surface area contributed by atoms with Gasteiger partial charge in [0.05, 0.1) is 6.04 Å². The number of nitrogens with one attached hydrogen (secondary N) is 1. The zero-order valence-corrected chi connectivity index (χ0v) is 8.42. The average molecular weight is 194 g/mol. The molecule has 1 rings (SSSR count). The third-order valence-electron chi connectivity index (χ3n) is 1.89. The highest BCUT2D eigenvalue weighted by atomic mass is 19.1. The topological polar surface area (TPSA) is 38.0 Å². The molecule has 2 nitrogen and oxygen atoms in total. The molecule has 0 amide bonds. The Balaban J connectivity index is 2.95. The number of hydrogen-bond donors (Lipinski definition) is 2. The second-order valence-corrected chi connectivity index (χ2v) is 3.44. The van der Waals surface area contributed by atoms with Crippen molar-refractivity contribution in [2.45, 2.75) is 19.9 Å². The van der Waals surface area contributed by atoms with Crippen LogP contribution in [0.1, 0.15) is 25.5 Å². The molecule has 0 aliphatic carbocycles. The van der Waals surface area contributed by atoms with Crippen LogP contribution in [-0.2, 0) is 0 Å². The van der Waals surface area contributed by atoms with Crippen molar-refractivity contribution in [1.82, 2.24) is 5.43 Å². The van der Waals surface area contributed by atoms with E-state index in [0.717, 1.165) is 11.1 Å². The highest BCUT2D eigenvalue weighted by Crippen LogP contribution is 2.16. The van der Waals surface area contributed by atoms with Crippen LogP contribution in [0.15, 0.2) is 35.9 Å². The summed E-state index contributed by atoms with van der Waals surface area (Å²) in [5, 5.41) is 0. The molecule has 0 heterocycles. The molecule has 3 N–H and O–H groups in total. The van der Waals surface area contributed by atoms with E-state index < -0.39 is 0 Å². The molecule has 1 aromatic rings. The number of hydrazine groups is 1. The van der Waals surface area contributed by atoms with Crippen LogP contribution in [0.3, 0.4) is 0 Å². The summed E-state index contributed by atoms with van der Waals surface area (Å²) in [6.45, 7) is 3.95. The van der Waals surface area contributed by atoms with Gasteiger partial charge in [-0.25, -0.2) is 9.82 Å². The molecule has 76 valence electrons. The highest BCUT2D eigenvalue weighted by Gasteiger charge is 2.06. The van der Waals surface area contributed by atoms with Gasteiger partial charge in [0, 0.05) is 0 Å². The molecule has 3 heteroatoms. The lowest BCUT2D eigenvalue weighted by atomic mass is 10.1. The Morgan fingerprint density at radius 2 is 2.21 bits per heavy atom. The van der Waals surface area contributed by atoms with Gasteiger partial charge < -0.3 is 0 Å². The van der Waals surface area contributed by atoms with Crippen LogP contribution in [0.2, 0.25) is 0 Å². The van der Waals surface area contributed by atoms with E-state index in [2.05, 4.69) is 5.43 Å². The maximum atomic E-state index is 12.9.